The number of hydrogen-bond donors (Lipinski definition) is 2. The van der Waals surface area contributed by atoms with Gasteiger partial charge in [-0.3, -0.25) is 0 Å². The Hall–Kier alpha value is -0.120. The molecule has 3 heteroatoms. The summed E-state index contributed by atoms with van der Waals surface area (Å²) in [5.74, 6) is 0.534. The number of nitrogens with two attached hydrogens (primary N) is 1. The van der Waals surface area contributed by atoms with E-state index in [1.54, 1.807) is 0 Å². The lowest BCUT2D eigenvalue weighted by molar-refractivity contribution is -0.114. The van der Waals surface area contributed by atoms with E-state index in [2.05, 4.69) is 0 Å². The molecule has 0 aromatic rings. The highest BCUT2D eigenvalue weighted by Gasteiger charge is 2.42. The minimum absolute atomic E-state index is 0.0680. The molecular weight excluding hydrogens is 166 g/mol. The van der Waals surface area contributed by atoms with Crippen LogP contribution in [0.5, 0.6) is 0 Å². The highest BCUT2D eigenvalue weighted by Crippen LogP contribution is 2.35. The van der Waals surface area contributed by atoms with Gasteiger partial charge >= 0.3 is 0 Å². The largest absolute Gasteiger partial charge is 0.386 e. The highest BCUT2D eigenvalue weighted by molar-refractivity contribution is 4.97. The van der Waals surface area contributed by atoms with E-state index in [-0.39, 0.29) is 6.04 Å². The molecule has 13 heavy (non-hydrogen) atoms. The Kier molecular flexibility index (Phi) is 2.58. The van der Waals surface area contributed by atoms with Crippen molar-refractivity contribution in [3.63, 3.8) is 0 Å². The van der Waals surface area contributed by atoms with Crippen LogP contribution in [0.3, 0.4) is 0 Å². The molecular formula is C10H19NO2. The first-order valence-electron chi connectivity index (χ1n) is 5.28. The van der Waals surface area contributed by atoms with Crippen molar-refractivity contribution in [1.29, 1.82) is 0 Å². The quantitative estimate of drug-likeness (QED) is 0.664. The summed E-state index contributed by atoms with van der Waals surface area (Å²) in [5, 5.41) is 10.2. The van der Waals surface area contributed by atoms with Crippen LogP contribution in [0.1, 0.15) is 32.1 Å². The molecule has 2 atom stereocenters. The molecule has 1 heterocycles. The predicted molar refractivity (Wildman–Crippen MR) is 50.3 cm³/mol. The van der Waals surface area contributed by atoms with Gasteiger partial charge in [0.15, 0.2) is 0 Å². The second-order valence-corrected chi connectivity index (χ2v) is 4.48. The minimum Gasteiger partial charge on any atom is -0.386 e. The average Bonchev–Trinajstić information content (AvgIpc) is 2.02. The van der Waals surface area contributed by atoms with E-state index < -0.39 is 5.60 Å². The van der Waals surface area contributed by atoms with Crippen molar-refractivity contribution in [3.8, 4) is 0 Å². The standard InChI is InChI=1S/C10H19NO2/c11-9(8-3-1-4-8)10(12)5-2-6-13-7-10/h8-9,12H,1-7,11H2. The van der Waals surface area contributed by atoms with Crippen LogP contribution in [-0.4, -0.2) is 30.0 Å². The molecule has 76 valence electrons. The third-order valence-corrected chi connectivity index (χ3v) is 3.53. The zero-order valence-corrected chi connectivity index (χ0v) is 8.04. The maximum absolute atomic E-state index is 10.2. The summed E-state index contributed by atoms with van der Waals surface area (Å²) in [4.78, 5) is 0. The minimum atomic E-state index is -0.733. The van der Waals surface area contributed by atoms with E-state index in [4.69, 9.17) is 10.5 Å². The van der Waals surface area contributed by atoms with Gasteiger partial charge < -0.3 is 15.6 Å². The Morgan fingerprint density at radius 1 is 1.38 bits per heavy atom. The SMILES string of the molecule is NC(C1CCC1)C1(O)CCCOC1. The van der Waals surface area contributed by atoms with Gasteiger partial charge in [-0.25, -0.2) is 0 Å². The van der Waals surface area contributed by atoms with Crippen molar-refractivity contribution >= 4 is 0 Å². The van der Waals surface area contributed by atoms with Crippen LogP contribution in [0.25, 0.3) is 0 Å². The summed E-state index contributed by atoms with van der Waals surface area (Å²) in [6.45, 7) is 1.21. The first kappa shape index (κ1) is 9.44. The van der Waals surface area contributed by atoms with E-state index in [0.717, 1.165) is 19.4 Å². The molecule has 1 aliphatic carbocycles. The normalized spacial score (nSPS) is 38.3. The molecule has 0 aromatic heterocycles. The molecule has 1 aliphatic heterocycles. The number of aliphatic hydroxyl groups is 1. The van der Waals surface area contributed by atoms with Gasteiger partial charge in [-0.1, -0.05) is 6.42 Å². The Morgan fingerprint density at radius 3 is 2.62 bits per heavy atom. The van der Waals surface area contributed by atoms with Crippen LogP contribution < -0.4 is 5.73 Å². The van der Waals surface area contributed by atoms with Crippen LogP contribution in [-0.2, 0) is 4.74 Å². The van der Waals surface area contributed by atoms with Gasteiger partial charge in [0.1, 0.15) is 5.60 Å². The fraction of sp³-hybridized carbons (Fsp3) is 1.00. The first-order chi connectivity index (χ1) is 6.22. The molecule has 2 rings (SSSR count). The number of hydrogen-bond acceptors (Lipinski definition) is 3. The molecule has 1 saturated heterocycles. The van der Waals surface area contributed by atoms with E-state index in [0.29, 0.717) is 12.5 Å². The molecule has 0 amide bonds. The van der Waals surface area contributed by atoms with E-state index >= 15 is 0 Å². The monoisotopic (exact) mass is 185 g/mol. The van der Waals surface area contributed by atoms with Crippen molar-refractivity contribution in [2.75, 3.05) is 13.2 Å². The van der Waals surface area contributed by atoms with Gasteiger partial charge in [0.2, 0.25) is 0 Å². The predicted octanol–water partition coefficient (Wildman–Crippen LogP) is 0.655. The molecule has 1 saturated carbocycles. The average molecular weight is 185 g/mol. The maximum Gasteiger partial charge on any atom is 0.103 e. The molecule has 2 aliphatic rings. The van der Waals surface area contributed by atoms with Gasteiger partial charge in [-0.2, -0.15) is 0 Å². The van der Waals surface area contributed by atoms with Crippen molar-refractivity contribution in [2.24, 2.45) is 11.7 Å². The molecule has 3 nitrogen and oxygen atoms in total. The second-order valence-electron chi connectivity index (χ2n) is 4.48. The highest BCUT2D eigenvalue weighted by atomic mass is 16.5. The van der Waals surface area contributed by atoms with Crippen molar-refractivity contribution < 1.29 is 9.84 Å². The lowest BCUT2D eigenvalue weighted by atomic mass is 9.72. The Labute approximate surface area is 79.3 Å². The summed E-state index contributed by atoms with van der Waals surface area (Å²) in [6, 6.07) is -0.0680. The summed E-state index contributed by atoms with van der Waals surface area (Å²) in [6.07, 6.45) is 5.39. The van der Waals surface area contributed by atoms with Crippen molar-refractivity contribution in [2.45, 2.75) is 43.7 Å². The van der Waals surface area contributed by atoms with Gasteiger partial charge in [0, 0.05) is 12.6 Å². The van der Waals surface area contributed by atoms with Crippen LogP contribution in [0.2, 0.25) is 0 Å². The maximum atomic E-state index is 10.2. The summed E-state index contributed by atoms with van der Waals surface area (Å²) >= 11 is 0. The van der Waals surface area contributed by atoms with Crippen LogP contribution in [0.4, 0.5) is 0 Å². The Bertz CT molecular complexity index is 174. The van der Waals surface area contributed by atoms with Gasteiger partial charge in [-0.15, -0.1) is 0 Å². The van der Waals surface area contributed by atoms with E-state index in [1.807, 2.05) is 0 Å². The molecule has 2 unspecified atom stereocenters. The number of ether oxygens (including phenoxy) is 1. The lowest BCUT2D eigenvalue weighted by Crippen LogP contribution is -2.58. The summed E-state index contributed by atoms with van der Waals surface area (Å²) in [7, 11) is 0. The molecule has 3 N–H and O–H groups in total. The summed E-state index contributed by atoms with van der Waals surface area (Å²) in [5.41, 5.74) is 5.33. The molecule has 0 bridgehead atoms. The Morgan fingerprint density at radius 2 is 2.15 bits per heavy atom. The van der Waals surface area contributed by atoms with E-state index in [9.17, 15) is 5.11 Å². The van der Waals surface area contributed by atoms with Crippen molar-refractivity contribution in [1.82, 2.24) is 0 Å². The zero-order valence-electron chi connectivity index (χ0n) is 8.04. The number of rotatable bonds is 2. The Balaban J connectivity index is 1.94. The van der Waals surface area contributed by atoms with Gasteiger partial charge in [0.25, 0.3) is 0 Å². The molecule has 0 spiro atoms. The smallest absolute Gasteiger partial charge is 0.103 e. The topological polar surface area (TPSA) is 55.5 Å². The third-order valence-electron chi connectivity index (χ3n) is 3.53. The molecule has 0 radical (unpaired) electrons. The van der Waals surface area contributed by atoms with Crippen LogP contribution in [0.15, 0.2) is 0 Å². The van der Waals surface area contributed by atoms with E-state index in [1.165, 1.54) is 19.3 Å². The third kappa shape index (κ3) is 1.73. The zero-order chi connectivity index (χ0) is 9.31. The molecule has 0 aromatic carbocycles. The fourth-order valence-corrected chi connectivity index (χ4v) is 2.30. The van der Waals surface area contributed by atoms with Crippen LogP contribution >= 0.6 is 0 Å². The lowest BCUT2D eigenvalue weighted by Gasteiger charge is -2.43. The van der Waals surface area contributed by atoms with Crippen molar-refractivity contribution in [3.05, 3.63) is 0 Å². The summed E-state index contributed by atoms with van der Waals surface area (Å²) < 4.78 is 5.29. The fourth-order valence-electron chi connectivity index (χ4n) is 2.30. The van der Waals surface area contributed by atoms with Gasteiger partial charge in [0.05, 0.1) is 6.61 Å². The second kappa shape index (κ2) is 3.56. The first-order valence-corrected chi connectivity index (χ1v) is 5.28. The van der Waals surface area contributed by atoms with Gasteiger partial charge in [-0.05, 0) is 31.6 Å². The molecule has 2 fully saturated rings. The van der Waals surface area contributed by atoms with Crippen LogP contribution in [0, 0.1) is 5.92 Å².